The number of benzene rings is 2. The molecule has 28 heavy (non-hydrogen) atoms. The van der Waals surface area contributed by atoms with Crippen LogP contribution in [0.4, 0.5) is 0 Å². The molecule has 3 aromatic rings. The number of hydrogen-bond donors (Lipinski definition) is 0. The number of rotatable bonds is 5. The quantitative estimate of drug-likeness (QED) is 0.632. The molecule has 0 unspecified atom stereocenters. The Hall–Kier alpha value is -2.15. The van der Waals surface area contributed by atoms with Gasteiger partial charge in [-0.3, -0.25) is 9.69 Å². The summed E-state index contributed by atoms with van der Waals surface area (Å²) in [4.78, 5) is 21.4. The zero-order valence-electron chi connectivity index (χ0n) is 15.7. The number of piperazine rings is 1. The number of para-hydroxylation sites is 1. The monoisotopic (exact) mass is 415 g/mol. The molecular weight excluding hydrogens is 394 g/mol. The topological polar surface area (TPSA) is 45.7 Å². The van der Waals surface area contributed by atoms with Gasteiger partial charge in [-0.1, -0.05) is 29.8 Å². The lowest BCUT2D eigenvalue weighted by Crippen LogP contribution is -2.49. The van der Waals surface area contributed by atoms with Crippen LogP contribution in [0.1, 0.15) is 10.6 Å². The Morgan fingerprint density at radius 3 is 2.75 bits per heavy atom. The predicted octanol–water partition coefficient (Wildman–Crippen LogP) is 3.98. The summed E-state index contributed by atoms with van der Waals surface area (Å²) in [5.41, 5.74) is 2.11. The molecule has 1 aromatic heterocycles. The first-order valence-electron chi connectivity index (χ1n) is 9.32. The molecule has 1 aliphatic rings. The summed E-state index contributed by atoms with van der Waals surface area (Å²) in [5, 5.41) is 1.65. The highest BCUT2D eigenvalue weighted by atomic mass is 35.5. The molecule has 0 radical (unpaired) electrons. The van der Waals surface area contributed by atoms with Crippen LogP contribution in [0.5, 0.6) is 5.75 Å². The smallest absolute Gasteiger partial charge is 0.260 e. The van der Waals surface area contributed by atoms with E-state index < -0.39 is 0 Å². The van der Waals surface area contributed by atoms with E-state index in [1.807, 2.05) is 42.2 Å². The molecule has 2 heterocycles. The fourth-order valence-electron chi connectivity index (χ4n) is 3.29. The molecule has 7 heteroatoms. The number of fused-ring (bicyclic) bond motifs is 1. The second-order valence-electron chi connectivity index (χ2n) is 6.95. The van der Waals surface area contributed by atoms with E-state index in [0.717, 1.165) is 35.7 Å². The van der Waals surface area contributed by atoms with E-state index in [1.54, 1.807) is 17.4 Å². The summed E-state index contributed by atoms with van der Waals surface area (Å²) < 4.78 is 6.86. The summed E-state index contributed by atoms with van der Waals surface area (Å²) >= 11 is 7.87. The van der Waals surface area contributed by atoms with Gasteiger partial charge in [0.25, 0.3) is 5.91 Å². The predicted molar refractivity (Wildman–Crippen MR) is 113 cm³/mol. The van der Waals surface area contributed by atoms with E-state index in [2.05, 4.69) is 11.0 Å². The van der Waals surface area contributed by atoms with Crippen molar-refractivity contribution in [1.82, 2.24) is 14.8 Å². The van der Waals surface area contributed by atoms with Crippen molar-refractivity contribution < 1.29 is 9.53 Å². The molecule has 0 N–H and O–H groups in total. The van der Waals surface area contributed by atoms with E-state index in [9.17, 15) is 4.79 Å². The maximum Gasteiger partial charge on any atom is 0.260 e. The number of carbonyl (C=O) groups is 1. The van der Waals surface area contributed by atoms with Crippen LogP contribution in [0.2, 0.25) is 5.02 Å². The Morgan fingerprint density at radius 2 is 1.96 bits per heavy atom. The van der Waals surface area contributed by atoms with Gasteiger partial charge >= 0.3 is 0 Å². The number of ether oxygens (including phenoxy) is 1. The van der Waals surface area contributed by atoms with Crippen molar-refractivity contribution in [2.75, 3.05) is 32.8 Å². The van der Waals surface area contributed by atoms with Gasteiger partial charge in [-0.25, -0.2) is 4.98 Å². The Labute approximate surface area is 173 Å². The number of thiazole rings is 1. The van der Waals surface area contributed by atoms with Gasteiger partial charge < -0.3 is 9.64 Å². The summed E-state index contributed by atoms with van der Waals surface area (Å²) in [5.74, 6) is 0.557. The molecule has 146 valence electrons. The first-order valence-corrected chi connectivity index (χ1v) is 10.5. The zero-order chi connectivity index (χ0) is 19.5. The van der Waals surface area contributed by atoms with Gasteiger partial charge in [-0.05, 0) is 36.8 Å². The first kappa shape index (κ1) is 19.2. The van der Waals surface area contributed by atoms with E-state index in [-0.39, 0.29) is 12.5 Å². The van der Waals surface area contributed by atoms with Gasteiger partial charge in [0.1, 0.15) is 10.8 Å². The Kier molecular flexibility index (Phi) is 5.80. The average molecular weight is 416 g/mol. The molecule has 1 fully saturated rings. The molecule has 0 atom stereocenters. The van der Waals surface area contributed by atoms with Gasteiger partial charge in [0.15, 0.2) is 6.61 Å². The fraction of sp³-hybridized carbons (Fsp3) is 0.333. The summed E-state index contributed by atoms with van der Waals surface area (Å²) in [7, 11) is 0. The van der Waals surface area contributed by atoms with E-state index >= 15 is 0 Å². The number of amides is 1. The number of nitrogens with zero attached hydrogens (tertiary/aromatic N) is 3. The highest BCUT2D eigenvalue weighted by molar-refractivity contribution is 7.18. The number of aryl methyl sites for hydroxylation is 1. The lowest BCUT2D eigenvalue weighted by Gasteiger charge is -2.34. The maximum absolute atomic E-state index is 12.5. The second kappa shape index (κ2) is 8.47. The first-order chi connectivity index (χ1) is 13.6. The largest absolute Gasteiger partial charge is 0.482 e. The van der Waals surface area contributed by atoms with Gasteiger partial charge in [0.05, 0.1) is 21.8 Å². The van der Waals surface area contributed by atoms with Crippen LogP contribution in [0, 0.1) is 6.92 Å². The molecule has 0 spiro atoms. The van der Waals surface area contributed by atoms with Gasteiger partial charge in [-0.2, -0.15) is 0 Å². The Balaban J connectivity index is 1.27. The fourth-order valence-corrected chi connectivity index (χ4v) is 4.47. The van der Waals surface area contributed by atoms with E-state index in [1.165, 1.54) is 4.70 Å². The molecule has 0 saturated carbocycles. The molecule has 1 saturated heterocycles. The lowest BCUT2D eigenvalue weighted by molar-refractivity contribution is -0.135. The molecule has 0 aliphatic carbocycles. The molecule has 1 aliphatic heterocycles. The Bertz CT molecular complexity index is 950. The van der Waals surface area contributed by atoms with Crippen LogP contribution >= 0.6 is 22.9 Å². The SMILES string of the molecule is Cc1ccc(Cl)c(OCC(=O)N2CCN(Cc3nc4ccccc4s3)CC2)c1. The van der Waals surface area contributed by atoms with Crippen molar-refractivity contribution in [2.24, 2.45) is 0 Å². The Morgan fingerprint density at radius 1 is 1.18 bits per heavy atom. The molecule has 4 rings (SSSR count). The average Bonchev–Trinajstić information content (AvgIpc) is 3.11. The standard InChI is InChI=1S/C21H22ClN3O2S/c1-15-6-7-16(22)18(12-15)27-14-21(26)25-10-8-24(9-11-25)13-20-23-17-4-2-3-5-19(17)28-20/h2-7,12H,8-11,13-14H2,1H3. The summed E-state index contributed by atoms with van der Waals surface area (Å²) in [6.45, 7) is 5.90. The highest BCUT2D eigenvalue weighted by Gasteiger charge is 2.22. The van der Waals surface area contributed by atoms with Crippen molar-refractivity contribution in [1.29, 1.82) is 0 Å². The molecule has 5 nitrogen and oxygen atoms in total. The van der Waals surface area contributed by atoms with Crippen molar-refractivity contribution in [2.45, 2.75) is 13.5 Å². The van der Waals surface area contributed by atoms with E-state index in [0.29, 0.717) is 23.9 Å². The molecule has 1 amide bonds. The minimum atomic E-state index is -0.00258. The third-order valence-electron chi connectivity index (χ3n) is 4.86. The summed E-state index contributed by atoms with van der Waals surface area (Å²) in [6, 6.07) is 13.8. The van der Waals surface area contributed by atoms with Crippen LogP contribution in [0.15, 0.2) is 42.5 Å². The van der Waals surface area contributed by atoms with Crippen molar-refractivity contribution in [3.8, 4) is 5.75 Å². The van der Waals surface area contributed by atoms with Crippen molar-refractivity contribution in [3.05, 3.63) is 58.1 Å². The van der Waals surface area contributed by atoms with Crippen LogP contribution < -0.4 is 4.74 Å². The van der Waals surface area contributed by atoms with E-state index in [4.69, 9.17) is 21.3 Å². The van der Waals surface area contributed by atoms with Gasteiger partial charge in [0.2, 0.25) is 0 Å². The van der Waals surface area contributed by atoms with Crippen molar-refractivity contribution in [3.63, 3.8) is 0 Å². The van der Waals surface area contributed by atoms with Crippen LogP contribution in [0.3, 0.4) is 0 Å². The highest BCUT2D eigenvalue weighted by Crippen LogP contribution is 2.25. The third kappa shape index (κ3) is 4.46. The van der Waals surface area contributed by atoms with Crippen LogP contribution in [-0.2, 0) is 11.3 Å². The second-order valence-corrected chi connectivity index (χ2v) is 8.48. The van der Waals surface area contributed by atoms with Gasteiger partial charge in [-0.15, -0.1) is 11.3 Å². The van der Waals surface area contributed by atoms with Crippen molar-refractivity contribution >= 4 is 39.1 Å². The number of aromatic nitrogens is 1. The third-order valence-corrected chi connectivity index (χ3v) is 6.19. The minimum Gasteiger partial charge on any atom is -0.482 e. The molecule has 2 aromatic carbocycles. The molecule has 0 bridgehead atoms. The van der Waals surface area contributed by atoms with Crippen LogP contribution in [0.25, 0.3) is 10.2 Å². The lowest BCUT2D eigenvalue weighted by atomic mass is 10.2. The maximum atomic E-state index is 12.5. The minimum absolute atomic E-state index is 0.00258. The zero-order valence-corrected chi connectivity index (χ0v) is 17.3. The number of carbonyl (C=O) groups excluding carboxylic acids is 1. The number of halogens is 1. The molecular formula is C21H22ClN3O2S. The number of hydrogen-bond acceptors (Lipinski definition) is 5. The summed E-state index contributed by atoms with van der Waals surface area (Å²) in [6.07, 6.45) is 0. The van der Waals surface area contributed by atoms with Crippen LogP contribution in [-0.4, -0.2) is 53.5 Å². The normalized spacial score (nSPS) is 15.1. The van der Waals surface area contributed by atoms with Gasteiger partial charge in [0, 0.05) is 26.2 Å².